The highest BCUT2D eigenvalue weighted by Crippen LogP contribution is 2.20. The van der Waals surface area contributed by atoms with Crippen molar-refractivity contribution in [2.45, 2.75) is 25.8 Å². The molecule has 4 nitrogen and oxygen atoms in total. The zero-order chi connectivity index (χ0) is 11.5. The van der Waals surface area contributed by atoms with Crippen LogP contribution in [0.4, 0.5) is 0 Å². The van der Waals surface area contributed by atoms with Gasteiger partial charge in [0.05, 0.1) is 0 Å². The van der Waals surface area contributed by atoms with Gasteiger partial charge in [-0.2, -0.15) is 0 Å². The van der Waals surface area contributed by atoms with Crippen LogP contribution < -0.4 is 5.73 Å². The number of carbonyl (C=O) groups excluding carboxylic acids is 1. The molecule has 2 atom stereocenters. The van der Waals surface area contributed by atoms with Crippen molar-refractivity contribution < 1.29 is 4.79 Å². The molecule has 1 aromatic heterocycles. The second-order valence-corrected chi connectivity index (χ2v) is 4.60. The fourth-order valence-corrected chi connectivity index (χ4v) is 2.26. The summed E-state index contributed by atoms with van der Waals surface area (Å²) in [6.07, 6.45) is 3.96. The van der Waals surface area contributed by atoms with Gasteiger partial charge in [-0.25, -0.2) is 0 Å². The van der Waals surface area contributed by atoms with Crippen molar-refractivity contribution in [1.82, 2.24) is 9.88 Å². The molecule has 1 amide bonds. The lowest BCUT2D eigenvalue weighted by Crippen LogP contribution is -2.45. The van der Waals surface area contributed by atoms with E-state index in [9.17, 15) is 4.79 Å². The molecule has 17 heavy (non-hydrogen) atoms. The van der Waals surface area contributed by atoms with Crippen molar-refractivity contribution in [2.75, 3.05) is 13.1 Å². The van der Waals surface area contributed by atoms with E-state index < -0.39 is 0 Å². The van der Waals surface area contributed by atoms with Crippen molar-refractivity contribution in [3.8, 4) is 0 Å². The standard InChI is InChI=1S/C12H19N3O.ClH/c1-9(13)10-4-3-7-15(8-10)12(16)11-5-2-6-14-11;/h2,5-6,9-10,14H,3-4,7-8,13H2,1H3;1H. The second kappa shape index (κ2) is 6.07. The van der Waals surface area contributed by atoms with Crippen molar-refractivity contribution >= 4 is 18.3 Å². The highest BCUT2D eigenvalue weighted by molar-refractivity contribution is 5.92. The number of amides is 1. The molecule has 5 heteroatoms. The van der Waals surface area contributed by atoms with Crippen LogP contribution >= 0.6 is 12.4 Å². The third-order valence-corrected chi connectivity index (χ3v) is 3.32. The second-order valence-electron chi connectivity index (χ2n) is 4.60. The molecule has 2 unspecified atom stereocenters. The molecule has 1 saturated heterocycles. The Morgan fingerprint density at radius 3 is 3.00 bits per heavy atom. The molecule has 2 heterocycles. The number of halogens is 1. The van der Waals surface area contributed by atoms with Gasteiger partial charge in [0, 0.05) is 25.3 Å². The lowest BCUT2D eigenvalue weighted by Gasteiger charge is -2.34. The van der Waals surface area contributed by atoms with Crippen LogP contribution in [0.3, 0.4) is 0 Å². The number of piperidine rings is 1. The van der Waals surface area contributed by atoms with Crippen molar-refractivity contribution in [3.05, 3.63) is 24.0 Å². The average molecular weight is 258 g/mol. The molecule has 3 N–H and O–H groups in total. The maximum Gasteiger partial charge on any atom is 0.270 e. The van der Waals surface area contributed by atoms with E-state index in [1.165, 1.54) is 0 Å². The summed E-state index contributed by atoms with van der Waals surface area (Å²) >= 11 is 0. The van der Waals surface area contributed by atoms with Crippen LogP contribution in [0, 0.1) is 5.92 Å². The summed E-state index contributed by atoms with van der Waals surface area (Å²) in [5, 5.41) is 0. The van der Waals surface area contributed by atoms with Gasteiger partial charge in [0.25, 0.3) is 5.91 Å². The smallest absolute Gasteiger partial charge is 0.270 e. The van der Waals surface area contributed by atoms with Crippen LogP contribution in [0.1, 0.15) is 30.3 Å². The maximum absolute atomic E-state index is 12.1. The number of nitrogens with one attached hydrogen (secondary N) is 1. The van der Waals surface area contributed by atoms with Gasteiger partial charge in [-0.3, -0.25) is 4.79 Å². The van der Waals surface area contributed by atoms with Gasteiger partial charge in [-0.15, -0.1) is 12.4 Å². The Morgan fingerprint density at radius 2 is 2.41 bits per heavy atom. The monoisotopic (exact) mass is 257 g/mol. The van der Waals surface area contributed by atoms with Crippen LogP contribution in [-0.4, -0.2) is 34.9 Å². The number of carbonyl (C=O) groups is 1. The van der Waals surface area contributed by atoms with Crippen molar-refractivity contribution in [2.24, 2.45) is 11.7 Å². The number of H-pyrrole nitrogens is 1. The minimum atomic E-state index is 0. The Balaban J connectivity index is 0.00000144. The largest absolute Gasteiger partial charge is 0.357 e. The highest BCUT2D eigenvalue weighted by Gasteiger charge is 2.26. The Kier molecular flexibility index (Phi) is 5.02. The van der Waals surface area contributed by atoms with E-state index in [1.807, 2.05) is 24.0 Å². The molecule has 0 aliphatic carbocycles. The van der Waals surface area contributed by atoms with Gasteiger partial charge in [-0.1, -0.05) is 0 Å². The first-order valence-electron chi connectivity index (χ1n) is 5.86. The zero-order valence-corrected chi connectivity index (χ0v) is 10.9. The number of hydrogen-bond acceptors (Lipinski definition) is 2. The van der Waals surface area contributed by atoms with Crippen molar-refractivity contribution in [3.63, 3.8) is 0 Å². The third-order valence-electron chi connectivity index (χ3n) is 3.32. The molecule has 1 aliphatic heterocycles. The predicted octanol–water partition coefficient (Wildman–Crippen LogP) is 1.64. The van der Waals surface area contributed by atoms with Gasteiger partial charge in [-0.05, 0) is 37.8 Å². The summed E-state index contributed by atoms with van der Waals surface area (Å²) in [7, 11) is 0. The molecule has 1 aliphatic rings. The van der Waals surface area contributed by atoms with Gasteiger partial charge >= 0.3 is 0 Å². The Hall–Kier alpha value is -1.00. The first-order valence-corrected chi connectivity index (χ1v) is 5.86. The van der Waals surface area contributed by atoms with E-state index in [4.69, 9.17) is 5.73 Å². The van der Waals surface area contributed by atoms with E-state index >= 15 is 0 Å². The van der Waals surface area contributed by atoms with Crippen LogP contribution in [0.2, 0.25) is 0 Å². The topological polar surface area (TPSA) is 62.1 Å². The van der Waals surface area contributed by atoms with Gasteiger partial charge in [0.2, 0.25) is 0 Å². The van der Waals surface area contributed by atoms with E-state index in [-0.39, 0.29) is 24.4 Å². The highest BCUT2D eigenvalue weighted by atomic mass is 35.5. The van der Waals surface area contributed by atoms with Gasteiger partial charge < -0.3 is 15.6 Å². The first-order chi connectivity index (χ1) is 7.68. The summed E-state index contributed by atoms with van der Waals surface area (Å²) in [5.74, 6) is 0.531. The Morgan fingerprint density at radius 1 is 1.65 bits per heavy atom. The Bertz CT molecular complexity index is 351. The molecule has 0 aromatic carbocycles. The fourth-order valence-electron chi connectivity index (χ4n) is 2.26. The van der Waals surface area contributed by atoms with E-state index in [2.05, 4.69) is 4.98 Å². The molecular weight excluding hydrogens is 238 g/mol. The summed E-state index contributed by atoms with van der Waals surface area (Å²) < 4.78 is 0. The molecule has 0 radical (unpaired) electrons. The third kappa shape index (κ3) is 3.23. The number of likely N-dealkylation sites (tertiary alicyclic amines) is 1. The Labute approximate surface area is 108 Å². The molecule has 96 valence electrons. The number of hydrogen-bond donors (Lipinski definition) is 2. The summed E-state index contributed by atoms with van der Waals surface area (Å²) in [6, 6.07) is 3.83. The molecule has 1 aromatic rings. The van der Waals surface area contributed by atoms with Crippen LogP contribution in [0.15, 0.2) is 18.3 Å². The van der Waals surface area contributed by atoms with Gasteiger partial charge in [0.1, 0.15) is 5.69 Å². The molecular formula is C12H20ClN3O. The van der Waals surface area contributed by atoms with Crippen LogP contribution in [-0.2, 0) is 0 Å². The van der Waals surface area contributed by atoms with E-state index in [1.54, 1.807) is 6.20 Å². The number of nitrogens with two attached hydrogens (primary N) is 1. The van der Waals surface area contributed by atoms with Gasteiger partial charge in [0.15, 0.2) is 0 Å². The molecule has 1 fully saturated rings. The fraction of sp³-hybridized carbons (Fsp3) is 0.583. The van der Waals surface area contributed by atoms with Crippen LogP contribution in [0.5, 0.6) is 0 Å². The summed E-state index contributed by atoms with van der Waals surface area (Å²) in [4.78, 5) is 16.9. The number of aromatic amines is 1. The number of nitrogens with zero attached hydrogens (tertiary/aromatic N) is 1. The predicted molar refractivity (Wildman–Crippen MR) is 70.3 cm³/mol. The lowest BCUT2D eigenvalue weighted by molar-refractivity contribution is 0.0655. The minimum Gasteiger partial charge on any atom is -0.357 e. The number of rotatable bonds is 2. The zero-order valence-electron chi connectivity index (χ0n) is 10.1. The summed E-state index contributed by atoms with van der Waals surface area (Å²) in [6.45, 7) is 3.66. The SMILES string of the molecule is CC(N)C1CCCN(C(=O)c2ccc[nH]2)C1.Cl. The maximum atomic E-state index is 12.1. The molecule has 0 bridgehead atoms. The quantitative estimate of drug-likeness (QED) is 0.846. The average Bonchev–Trinajstić information content (AvgIpc) is 2.81. The normalized spacial score (nSPS) is 21.8. The van der Waals surface area contributed by atoms with Crippen molar-refractivity contribution in [1.29, 1.82) is 0 Å². The van der Waals surface area contributed by atoms with E-state index in [0.717, 1.165) is 25.9 Å². The number of aromatic nitrogens is 1. The molecule has 0 spiro atoms. The first kappa shape index (κ1) is 14.1. The summed E-state index contributed by atoms with van der Waals surface area (Å²) in [5.41, 5.74) is 6.57. The van der Waals surface area contributed by atoms with E-state index in [0.29, 0.717) is 11.6 Å². The van der Waals surface area contributed by atoms with Crippen LogP contribution in [0.25, 0.3) is 0 Å². The minimum absolute atomic E-state index is 0. The molecule has 2 rings (SSSR count). The molecule has 0 saturated carbocycles. The lowest BCUT2D eigenvalue weighted by atomic mass is 9.92.